The highest BCUT2D eigenvalue weighted by atomic mass is 16.3. The first kappa shape index (κ1) is 10.7. The molecule has 0 unspecified atom stereocenters. The first-order valence-electron chi connectivity index (χ1n) is 5.71. The van der Waals surface area contributed by atoms with Crippen LogP contribution in [0.25, 0.3) is 0 Å². The lowest BCUT2D eigenvalue weighted by molar-refractivity contribution is 0.151. The van der Waals surface area contributed by atoms with Crippen LogP contribution in [0.4, 0.5) is 0 Å². The summed E-state index contributed by atoms with van der Waals surface area (Å²) in [6.45, 7) is 6.66. The second-order valence-electron chi connectivity index (χ2n) is 5.85. The molecule has 2 rings (SSSR count). The minimum atomic E-state index is -0.372. The molecule has 0 bridgehead atoms. The summed E-state index contributed by atoms with van der Waals surface area (Å²) in [7, 11) is 0. The Bertz CT molecular complexity index is 339. The Morgan fingerprint density at radius 1 is 1.13 bits per heavy atom. The van der Waals surface area contributed by atoms with Gasteiger partial charge in [0.25, 0.3) is 0 Å². The Hall–Kier alpha value is -0.820. The van der Waals surface area contributed by atoms with E-state index in [0.717, 1.165) is 19.3 Å². The third-order valence-corrected chi connectivity index (χ3v) is 3.18. The third-order valence-electron chi connectivity index (χ3n) is 3.18. The molecule has 1 aliphatic rings. The second-order valence-corrected chi connectivity index (χ2v) is 5.85. The van der Waals surface area contributed by atoms with Crippen LogP contribution < -0.4 is 0 Å². The van der Waals surface area contributed by atoms with E-state index in [9.17, 15) is 5.11 Å². The van der Waals surface area contributed by atoms with Gasteiger partial charge in [-0.2, -0.15) is 0 Å². The molecule has 0 atom stereocenters. The van der Waals surface area contributed by atoms with Crippen LogP contribution in [0.5, 0.6) is 0 Å². The van der Waals surface area contributed by atoms with Gasteiger partial charge in [0.05, 0.1) is 5.60 Å². The first-order chi connectivity index (χ1) is 6.89. The lowest BCUT2D eigenvalue weighted by Gasteiger charge is -2.19. The molecule has 1 fully saturated rings. The summed E-state index contributed by atoms with van der Waals surface area (Å²) in [5.74, 6) is 0. The van der Waals surface area contributed by atoms with Gasteiger partial charge >= 0.3 is 0 Å². The van der Waals surface area contributed by atoms with Crippen LogP contribution in [0.15, 0.2) is 24.3 Å². The average molecular weight is 204 g/mol. The highest BCUT2D eigenvalue weighted by Gasteiger charge is 2.39. The maximum absolute atomic E-state index is 9.81. The zero-order valence-electron chi connectivity index (χ0n) is 9.88. The Morgan fingerprint density at radius 3 is 2.07 bits per heavy atom. The zero-order chi connectivity index (χ0) is 11.1. The molecule has 0 radical (unpaired) electrons. The fourth-order valence-electron chi connectivity index (χ4n) is 1.82. The van der Waals surface area contributed by atoms with Gasteiger partial charge in [0.2, 0.25) is 0 Å². The van der Waals surface area contributed by atoms with E-state index in [4.69, 9.17) is 0 Å². The topological polar surface area (TPSA) is 20.2 Å². The van der Waals surface area contributed by atoms with Gasteiger partial charge in [-0.05, 0) is 29.4 Å². The van der Waals surface area contributed by atoms with Crippen molar-refractivity contribution in [2.75, 3.05) is 0 Å². The fraction of sp³-hybridized carbons (Fsp3) is 0.571. The van der Waals surface area contributed by atoms with Gasteiger partial charge in [0.15, 0.2) is 0 Å². The van der Waals surface area contributed by atoms with E-state index in [-0.39, 0.29) is 11.0 Å². The number of rotatable bonds is 2. The SMILES string of the molecule is CC(C)(C)c1ccc(CC2(O)CC2)cc1. The Morgan fingerprint density at radius 2 is 1.67 bits per heavy atom. The first-order valence-corrected chi connectivity index (χ1v) is 5.71. The summed E-state index contributed by atoms with van der Waals surface area (Å²) >= 11 is 0. The molecule has 1 aromatic rings. The van der Waals surface area contributed by atoms with Crippen LogP contribution in [0.1, 0.15) is 44.7 Å². The normalized spacial score (nSPS) is 18.9. The maximum Gasteiger partial charge on any atom is 0.0690 e. The molecule has 0 aliphatic heterocycles. The van der Waals surface area contributed by atoms with Crippen molar-refractivity contribution in [2.45, 2.75) is 51.0 Å². The molecule has 0 saturated heterocycles. The average Bonchev–Trinajstić information content (AvgIpc) is 2.82. The van der Waals surface area contributed by atoms with E-state index in [2.05, 4.69) is 45.0 Å². The summed E-state index contributed by atoms with van der Waals surface area (Å²) < 4.78 is 0. The number of hydrogen-bond donors (Lipinski definition) is 1. The lowest BCUT2D eigenvalue weighted by atomic mass is 9.86. The molecule has 0 spiro atoms. The number of benzene rings is 1. The van der Waals surface area contributed by atoms with E-state index < -0.39 is 0 Å². The van der Waals surface area contributed by atoms with Crippen LogP contribution >= 0.6 is 0 Å². The smallest absolute Gasteiger partial charge is 0.0690 e. The molecule has 1 heteroatoms. The summed E-state index contributed by atoms with van der Waals surface area (Å²) in [4.78, 5) is 0. The van der Waals surface area contributed by atoms with E-state index in [1.54, 1.807) is 0 Å². The lowest BCUT2D eigenvalue weighted by Crippen LogP contribution is -2.13. The highest BCUT2D eigenvalue weighted by molar-refractivity contribution is 5.29. The molecule has 1 saturated carbocycles. The minimum absolute atomic E-state index is 0.217. The van der Waals surface area contributed by atoms with E-state index >= 15 is 0 Å². The number of hydrogen-bond acceptors (Lipinski definition) is 1. The molecule has 0 amide bonds. The molecule has 0 aromatic heterocycles. The van der Waals surface area contributed by atoms with Crippen molar-refractivity contribution >= 4 is 0 Å². The predicted molar refractivity (Wildman–Crippen MR) is 63.0 cm³/mol. The monoisotopic (exact) mass is 204 g/mol. The molecule has 82 valence electrons. The predicted octanol–water partition coefficient (Wildman–Crippen LogP) is 3.05. The van der Waals surface area contributed by atoms with Crippen LogP contribution in [-0.2, 0) is 11.8 Å². The minimum Gasteiger partial charge on any atom is -0.390 e. The quantitative estimate of drug-likeness (QED) is 0.785. The van der Waals surface area contributed by atoms with Crippen molar-refractivity contribution in [3.63, 3.8) is 0 Å². The van der Waals surface area contributed by atoms with E-state index in [1.165, 1.54) is 11.1 Å². The summed E-state index contributed by atoms with van der Waals surface area (Å²) in [6.07, 6.45) is 2.75. The molecule has 15 heavy (non-hydrogen) atoms. The molecule has 1 nitrogen and oxygen atoms in total. The highest BCUT2D eigenvalue weighted by Crippen LogP contribution is 2.38. The fourth-order valence-corrected chi connectivity index (χ4v) is 1.82. The van der Waals surface area contributed by atoms with Gasteiger partial charge in [-0.15, -0.1) is 0 Å². The van der Waals surface area contributed by atoms with E-state index in [0.29, 0.717) is 0 Å². The van der Waals surface area contributed by atoms with E-state index in [1.807, 2.05) is 0 Å². The van der Waals surface area contributed by atoms with Gasteiger partial charge in [0.1, 0.15) is 0 Å². The van der Waals surface area contributed by atoms with Gasteiger partial charge in [-0.1, -0.05) is 45.0 Å². The van der Waals surface area contributed by atoms with Crippen LogP contribution in [0, 0.1) is 0 Å². The summed E-state index contributed by atoms with van der Waals surface area (Å²) in [5.41, 5.74) is 2.45. The zero-order valence-corrected chi connectivity index (χ0v) is 9.88. The molecule has 1 aliphatic carbocycles. The van der Waals surface area contributed by atoms with Crippen molar-refractivity contribution in [3.05, 3.63) is 35.4 Å². The summed E-state index contributed by atoms with van der Waals surface area (Å²) in [5, 5.41) is 9.81. The standard InChI is InChI=1S/C14H20O/c1-13(2,3)12-6-4-11(5-7-12)10-14(15)8-9-14/h4-7,15H,8-10H2,1-3H3. The molecule has 1 aromatic carbocycles. The van der Waals surface area contributed by atoms with Crippen LogP contribution in [0.2, 0.25) is 0 Å². The Kier molecular flexibility index (Phi) is 2.38. The van der Waals surface area contributed by atoms with Crippen molar-refractivity contribution in [1.82, 2.24) is 0 Å². The van der Waals surface area contributed by atoms with Gasteiger partial charge < -0.3 is 5.11 Å². The second kappa shape index (κ2) is 3.34. The van der Waals surface area contributed by atoms with Gasteiger partial charge in [-0.3, -0.25) is 0 Å². The Labute approximate surface area is 92.1 Å². The van der Waals surface area contributed by atoms with Crippen molar-refractivity contribution in [3.8, 4) is 0 Å². The van der Waals surface area contributed by atoms with Crippen molar-refractivity contribution < 1.29 is 5.11 Å². The largest absolute Gasteiger partial charge is 0.390 e. The summed E-state index contributed by atoms with van der Waals surface area (Å²) in [6, 6.07) is 8.66. The van der Waals surface area contributed by atoms with Crippen molar-refractivity contribution in [1.29, 1.82) is 0 Å². The molecule has 0 heterocycles. The Balaban J connectivity index is 2.10. The van der Waals surface area contributed by atoms with Gasteiger partial charge in [-0.25, -0.2) is 0 Å². The van der Waals surface area contributed by atoms with Crippen LogP contribution in [-0.4, -0.2) is 10.7 Å². The van der Waals surface area contributed by atoms with Crippen LogP contribution in [0.3, 0.4) is 0 Å². The van der Waals surface area contributed by atoms with Crippen molar-refractivity contribution in [2.24, 2.45) is 0 Å². The van der Waals surface area contributed by atoms with Gasteiger partial charge in [0, 0.05) is 6.42 Å². The number of aliphatic hydroxyl groups is 1. The maximum atomic E-state index is 9.81. The molecular weight excluding hydrogens is 184 g/mol. The molecule has 1 N–H and O–H groups in total. The molecular formula is C14H20O. The third kappa shape index (κ3) is 2.60.